The highest BCUT2D eigenvalue weighted by Crippen LogP contribution is 2.23. The smallest absolute Gasteiger partial charge is 0.328 e. The van der Waals surface area contributed by atoms with Crippen LogP contribution in [0.3, 0.4) is 0 Å². The number of carboxylic acid groups (broad SMARTS) is 1. The molecule has 0 atom stereocenters. The lowest BCUT2D eigenvalue weighted by Gasteiger charge is -2.14. The van der Waals surface area contributed by atoms with Gasteiger partial charge in [-0.1, -0.05) is 0 Å². The van der Waals surface area contributed by atoms with Crippen molar-refractivity contribution in [2.75, 3.05) is 20.1 Å². The molecular weight excluding hydrogens is 292 g/mol. The van der Waals surface area contributed by atoms with Gasteiger partial charge < -0.3 is 15.3 Å². The van der Waals surface area contributed by atoms with E-state index in [1.807, 2.05) is 6.92 Å². The Hall–Kier alpha value is -2.15. The normalized spacial score (nSPS) is 10.6. The number of likely N-dealkylation sites (N-methyl/N-ethyl adjacent to an activating group) is 1. The number of carbonyl (C=O) groups is 3. The zero-order valence-electron chi connectivity index (χ0n) is 12.2. The average Bonchev–Trinajstić information content (AvgIpc) is 2.82. The van der Waals surface area contributed by atoms with Crippen LogP contribution in [0, 0.1) is 6.92 Å². The van der Waals surface area contributed by atoms with Crippen LogP contribution in [-0.2, 0) is 9.59 Å². The zero-order valence-corrected chi connectivity index (χ0v) is 13.0. The topological polar surface area (TPSA) is 86.7 Å². The van der Waals surface area contributed by atoms with Crippen molar-refractivity contribution in [1.82, 2.24) is 10.2 Å². The highest BCUT2D eigenvalue weighted by molar-refractivity contribution is 7.15. The predicted molar refractivity (Wildman–Crippen MR) is 81.4 cm³/mol. The van der Waals surface area contributed by atoms with E-state index in [1.54, 1.807) is 20.0 Å². The fraction of sp³-hybridized carbons (Fsp3) is 0.357. The molecule has 1 aromatic rings. The zero-order chi connectivity index (χ0) is 16.0. The molecule has 0 aliphatic heterocycles. The summed E-state index contributed by atoms with van der Waals surface area (Å²) < 4.78 is 0. The minimum atomic E-state index is -1.04. The highest BCUT2D eigenvalue weighted by atomic mass is 32.1. The van der Waals surface area contributed by atoms with Crippen molar-refractivity contribution in [3.05, 3.63) is 27.5 Å². The number of carbonyl (C=O) groups excluding carboxylic acids is 2. The Morgan fingerprint density at radius 3 is 2.67 bits per heavy atom. The van der Waals surface area contributed by atoms with Gasteiger partial charge in [-0.3, -0.25) is 9.59 Å². The maximum absolute atomic E-state index is 12.0. The van der Waals surface area contributed by atoms with Crippen LogP contribution in [0.4, 0.5) is 0 Å². The summed E-state index contributed by atoms with van der Waals surface area (Å²) in [4.78, 5) is 36.7. The molecular formula is C14H18N2O4S. The summed E-state index contributed by atoms with van der Waals surface area (Å²) in [6.07, 6.45) is 2.48. The van der Waals surface area contributed by atoms with Crippen LogP contribution in [0.2, 0.25) is 0 Å². The van der Waals surface area contributed by atoms with Crippen LogP contribution in [0.1, 0.15) is 27.0 Å². The van der Waals surface area contributed by atoms with Crippen LogP contribution >= 0.6 is 11.3 Å². The molecule has 0 saturated heterocycles. The lowest BCUT2D eigenvalue weighted by molar-refractivity contribution is -0.131. The van der Waals surface area contributed by atoms with Crippen molar-refractivity contribution < 1.29 is 19.5 Å². The molecule has 0 bridgehead atoms. The lowest BCUT2D eigenvalue weighted by atomic mass is 10.2. The van der Waals surface area contributed by atoms with Crippen molar-refractivity contribution in [3.63, 3.8) is 0 Å². The van der Waals surface area contributed by atoms with Gasteiger partial charge in [0.05, 0.1) is 11.4 Å². The first kappa shape index (κ1) is 16.9. The molecule has 1 rings (SSSR count). The van der Waals surface area contributed by atoms with Crippen LogP contribution < -0.4 is 5.32 Å². The fourth-order valence-electron chi connectivity index (χ4n) is 1.47. The number of hydrogen-bond donors (Lipinski definition) is 2. The summed E-state index contributed by atoms with van der Waals surface area (Å²) in [6.45, 7) is 4.17. The van der Waals surface area contributed by atoms with Crippen molar-refractivity contribution in [2.45, 2.75) is 13.8 Å². The van der Waals surface area contributed by atoms with E-state index in [1.165, 1.54) is 22.3 Å². The third kappa shape index (κ3) is 5.03. The third-order valence-corrected chi connectivity index (χ3v) is 4.06. The molecule has 6 nitrogen and oxygen atoms in total. The lowest BCUT2D eigenvalue weighted by Crippen LogP contribution is -2.37. The standard InChI is InChI=1S/C14H18N2O4S/c1-4-16(3)12(17)8-15-14(20)11-7-9(2)10(21-11)5-6-13(18)19/h5-7H,4,8H2,1-3H3,(H,15,20)(H,18,19)/b6-5+. The fourth-order valence-corrected chi connectivity index (χ4v) is 2.47. The van der Waals surface area contributed by atoms with Gasteiger partial charge >= 0.3 is 5.97 Å². The van der Waals surface area contributed by atoms with E-state index < -0.39 is 5.97 Å². The molecule has 0 fully saturated rings. The molecule has 21 heavy (non-hydrogen) atoms. The van der Waals surface area contributed by atoms with Crippen molar-refractivity contribution in [2.24, 2.45) is 0 Å². The second-order valence-electron chi connectivity index (χ2n) is 4.42. The third-order valence-electron chi connectivity index (χ3n) is 2.86. The van der Waals surface area contributed by atoms with Gasteiger partial charge in [0.15, 0.2) is 0 Å². The highest BCUT2D eigenvalue weighted by Gasteiger charge is 2.13. The molecule has 0 unspecified atom stereocenters. The number of nitrogens with one attached hydrogen (secondary N) is 1. The number of nitrogens with zero attached hydrogens (tertiary/aromatic N) is 1. The Bertz CT molecular complexity index is 578. The summed E-state index contributed by atoms with van der Waals surface area (Å²) >= 11 is 1.19. The van der Waals surface area contributed by atoms with Gasteiger partial charge in [0.25, 0.3) is 5.91 Å². The van der Waals surface area contributed by atoms with E-state index >= 15 is 0 Å². The summed E-state index contributed by atoms with van der Waals surface area (Å²) in [5.41, 5.74) is 0.819. The number of rotatable bonds is 6. The monoisotopic (exact) mass is 310 g/mol. The summed E-state index contributed by atoms with van der Waals surface area (Å²) in [5.74, 6) is -1.54. The van der Waals surface area contributed by atoms with E-state index in [0.717, 1.165) is 11.6 Å². The molecule has 0 spiro atoms. The van der Waals surface area contributed by atoms with E-state index in [4.69, 9.17) is 5.11 Å². The number of thiophene rings is 1. The number of aliphatic carboxylic acids is 1. The minimum Gasteiger partial charge on any atom is -0.478 e. The van der Waals surface area contributed by atoms with Gasteiger partial charge in [0.1, 0.15) is 0 Å². The Balaban J connectivity index is 2.69. The van der Waals surface area contributed by atoms with Crippen molar-refractivity contribution in [1.29, 1.82) is 0 Å². The van der Waals surface area contributed by atoms with Gasteiger partial charge in [0, 0.05) is 24.5 Å². The predicted octanol–water partition coefficient (Wildman–Crippen LogP) is 1.36. The molecule has 0 aliphatic rings. The molecule has 0 aromatic carbocycles. The first-order valence-corrected chi connectivity index (χ1v) is 7.20. The maximum atomic E-state index is 12.0. The summed E-state index contributed by atoms with van der Waals surface area (Å²) in [7, 11) is 1.67. The van der Waals surface area contributed by atoms with E-state index in [2.05, 4.69) is 5.32 Å². The van der Waals surface area contributed by atoms with E-state index in [0.29, 0.717) is 16.3 Å². The van der Waals surface area contributed by atoms with Gasteiger partial charge in [-0.25, -0.2) is 4.79 Å². The molecule has 2 amide bonds. The SMILES string of the molecule is CCN(C)C(=O)CNC(=O)c1cc(C)c(/C=C/C(=O)O)s1. The number of aryl methyl sites for hydroxylation is 1. The second-order valence-corrected chi connectivity index (χ2v) is 5.50. The van der Waals surface area contributed by atoms with Gasteiger partial charge in [-0.05, 0) is 31.6 Å². The summed E-state index contributed by atoms with van der Waals surface area (Å²) in [6, 6.07) is 1.68. The molecule has 7 heteroatoms. The quantitative estimate of drug-likeness (QED) is 0.777. The number of hydrogen-bond acceptors (Lipinski definition) is 4. The first-order valence-electron chi connectivity index (χ1n) is 6.38. The Kier molecular flexibility index (Phi) is 6.10. The Morgan fingerprint density at radius 1 is 1.43 bits per heavy atom. The second kappa shape index (κ2) is 7.58. The Morgan fingerprint density at radius 2 is 2.10 bits per heavy atom. The molecule has 1 aromatic heterocycles. The number of amides is 2. The van der Waals surface area contributed by atoms with Crippen LogP contribution in [0.25, 0.3) is 6.08 Å². The van der Waals surface area contributed by atoms with Gasteiger partial charge in [-0.15, -0.1) is 11.3 Å². The minimum absolute atomic E-state index is 0.0551. The van der Waals surface area contributed by atoms with E-state index in [-0.39, 0.29) is 18.4 Å². The largest absolute Gasteiger partial charge is 0.478 e. The molecule has 1 heterocycles. The molecule has 114 valence electrons. The molecule has 2 N–H and O–H groups in total. The Labute approximate surface area is 127 Å². The number of carboxylic acids is 1. The van der Waals surface area contributed by atoms with Crippen LogP contribution in [0.5, 0.6) is 0 Å². The van der Waals surface area contributed by atoms with Crippen molar-refractivity contribution >= 4 is 35.2 Å². The van der Waals surface area contributed by atoms with Crippen LogP contribution in [0.15, 0.2) is 12.1 Å². The van der Waals surface area contributed by atoms with E-state index in [9.17, 15) is 14.4 Å². The first-order chi connectivity index (χ1) is 9.85. The van der Waals surface area contributed by atoms with Gasteiger partial charge in [0.2, 0.25) is 5.91 Å². The molecule has 0 saturated carbocycles. The maximum Gasteiger partial charge on any atom is 0.328 e. The van der Waals surface area contributed by atoms with Crippen LogP contribution in [-0.4, -0.2) is 47.9 Å². The van der Waals surface area contributed by atoms with Gasteiger partial charge in [-0.2, -0.15) is 0 Å². The molecule has 0 radical (unpaired) electrons. The average molecular weight is 310 g/mol. The molecule has 0 aliphatic carbocycles. The van der Waals surface area contributed by atoms with Crippen molar-refractivity contribution in [3.8, 4) is 0 Å². The summed E-state index contributed by atoms with van der Waals surface area (Å²) in [5, 5.41) is 11.2.